The van der Waals surface area contributed by atoms with Crippen LogP contribution in [0.5, 0.6) is 0 Å². The van der Waals surface area contributed by atoms with E-state index in [0.29, 0.717) is 17.3 Å². The molecule has 29 heavy (non-hydrogen) atoms. The van der Waals surface area contributed by atoms with Gasteiger partial charge >= 0.3 is 0 Å². The van der Waals surface area contributed by atoms with E-state index in [1.807, 2.05) is 38.1 Å². The molecule has 3 aromatic rings. The molecule has 0 aliphatic heterocycles. The monoisotopic (exact) mass is 411 g/mol. The number of benzene rings is 2. The van der Waals surface area contributed by atoms with Crippen LogP contribution in [0.15, 0.2) is 53.4 Å². The first-order chi connectivity index (χ1) is 13.6. The topological polar surface area (TPSA) is 124 Å². The van der Waals surface area contributed by atoms with Gasteiger partial charge in [0.15, 0.2) is 9.84 Å². The Morgan fingerprint density at radius 2 is 1.59 bits per heavy atom. The molecule has 1 heterocycles. The molecule has 7 nitrogen and oxygen atoms in total. The van der Waals surface area contributed by atoms with Gasteiger partial charge in [-0.1, -0.05) is 38.1 Å². The Morgan fingerprint density at radius 1 is 0.966 bits per heavy atom. The molecule has 152 valence electrons. The van der Waals surface area contributed by atoms with Crippen LogP contribution in [0.1, 0.15) is 31.0 Å². The third kappa shape index (κ3) is 4.83. The van der Waals surface area contributed by atoms with Crippen LogP contribution >= 0.6 is 0 Å². The lowest BCUT2D eigenvalue weighted by molar-refractivity contribution is 0.602. The van der Waals surface area contributed by atoms with Crippen LogP contribution < -0.4 is 16.8 Å². The van der Waals surface area contributed by atoms with Crippen molar-refractivity contribution in [3.05, 3.63) is 59.8 Å². The van der Waals surface area contributed by atoms with E-state index in [-0.39, 0.29) is 11.9 Å². The average molecular weight is 412 g/mol. The molecule has 0 aliphatic carbocycles. The summed E-state index contributed by atoms with van der Waals surface area (Å²) in [5.41, 5.74) is 16.3. The van der Waals surface area contributed by atoms with E-state index in [2.05, 4.69) is 15.3 Å². The van der Waals surface area contributed by atoms with Crippen molar-refractivity contribution < 1.29 is 8.42 Å². The second-order valence-corrected chi connectivity index (χ2v) is 9.24. The summed E-state index contributed by atoms with van der Waals surface area (Å²) in [4.78, 5) is 8.78. The maximum Gasteiger partial charge on any atom is 0.222 e. The van der Waals surface area contributed by atoms with Gasteiger partial charge in [0.2, 0.25) is 5.95 Å². The van der Waals surface area contributed by atoms with Crippen LogP contribution in [-0.2, 0) is 16.4 Å². The Labute approximate surface area is 171 Å². The van der Waals surface area contributed by atoms with Crippen molar-refractivity contribution in [2.75, 3.05) is 23.0 Å². The van der Waals surface area contributed by atoms with Crippen molar-refractivity contribution in [3.8, 4) is 11.1 Å². The van der Waals surface area contributed by atoms with Crippen molar-refractivity contribution >= 4 is 27.3 Å². The number of nitrogens with zero attached hydrogens (tertiary/aromatic N) is 2. The highest BCUT2D eigenvalue weighted by molar-refractivity contribution is 7.90. The van der Waals surface area contributed by atoms with Crippen molar-refractivity contribution in [2.45, 2.75) is 31.2 Å². The molecule has 0 fully saturated rings. The summed E-state index contributed by atoms with van der Waals surface area (Å²) in [5.74, 6) is 0.702. The molecule has 0 spiro atoms. The lowest BCUT2D eigenvalue weighted by atomic mass is 9.98. The van der Waals surface area contributed by atoms with E-state index >= 15 is 0 Å². The van der Waals surface area contributed by atoms with Crippen LogP contribution in [0.2, 0.25) is 0 Å². The zero-order valence-electron chi connectivity index (χ0n) is 16.7. The minimum absolute atomic E-state index is 0.158. The SMILES string of the molecule is CC(C)c1nc(N)nc(N)c1-c1ccc(NCc2ccc(S(C)(=O)=O)cc2)cc1. The third-order valence-electron chi connectivity index (χ3n) is 4.55. The first-order valence-electron chi connectivity index (χ1n) is 9.21. The van der Waals surface area contributed by atoms with Crippen molar-refractivity contribution in [2.24, 2.45) is 0 Å². The number of nitrogens with two attached hydrogens (primary N) is 2. The fourth-order valence-electron chi connectivity index (χ4n) is 3.04. The number of rotatable bonds is 6. The third-order valence-corrected chi connectivity index (χ3v) is 5.68. The van der Waals surface area contributed by atoms with Gasteiger partial charge in [0.05, 0.1) is 10.6 Å². The summed E-state index contributed by atoms with van der Waals surface area (Å²) in [7, 11) is -3.18. The van der Waals surface area contributed by atoms with Crippen molar-refractivity contribution in [3.63, 3.8) is 0 Å². The second kappa shape index (κ2) is 8.08. The molecule has 0 bridgehead atoms. The van der Waals surface area contributed by atoms with Crippen molar-refractivity contribution in [1.29, 1.82) is 0 Å². The van der Waals surface area contributed by atoms with Gasteiger partial charge in [0.1, 0.15) is 5.82 Å². The molecule has 8 heteroatoms. The number of sulfone groups is 1. The van der Waals surface area contributed by atoms with E-state index in [9.17, 15) is 8.42 Å². The molecule has 3 rings (SSSR count). The van der Waals surface area contributed by atoms with Gasteiger partial charge in [-0.25, -0.2) is 13.4 Å². The number of hydrogen-bond donors (Lipinski definition) is 3. The highest BCUT2D eigenvalue weighted by atomic mass is 32.2. The summed E-state index contributed by atoms with van der Waals surface area (Å²) < 4.78 is 23.1. The summed E-state index contributed by atoms with van der Waals surface area (Å²) in [6, 6.07) is 14.7. The van der Waals surface area contributed by atoms with Crippen LogP contribution in [0.4, 0.5) is 17.5 Å². The standard InChI is InChI=1S/C21H25N5O2S/c1-13(2)19-18(20(22)26-21(23)25-19)15-6-8-16(9-7-15)24-12-14-4-10-17(11-5-14)29(3,27)28/h4-11,13,24H,12H2,1-3H3,(H4,22,23,25,26). The van der Waals surface area contributed by atoms with Crippen LogP contribution in [0.25, 0.3) is 11.1 Å². The maximum atomic E-state index is 11.5. The quantitative estimate of drug-likeness (QED) is 0.567. The molecule has 0 saturated carbocycles. The van der Waals surface area contributed by atoms with Gasteiger partial charge < -0.3 is 16.8 Å². The van der Waals surface area contributed by atoms with Gasteiger partial charge in [-0.2, -0.15) is 4.98 Å². The first-order valence-corrected chi connectivity index (χ1v) is 11.1. The highest BCUT2D eigenvalue weighted by Crippen LogP contribution is 2.33. The van der Waals surface area contributed by atoms with Gasteiger partial charge in [0.25, 0.3) is 0 Å². The molecular weight excluding hydrogens is 386 g/mol. The molecule has 0 unspecified atom stereocenters. The van der Waals surface area contributed by atoms with Gasteiger partial charge in [-0.15, -0.1) is 0 Å². The largest absolute Gasteiger partial charge is 0.383 e. The Kier molecular flexibility index (Phi) is 5.74. The Morgan fingerprint density at radius 3 is 2.14 bits per heavy atom. The summed E-state index contributed by atoms with van der Waals surface area (Å²) >= 11 is 0. The number of anilines is 3. The van der Waals surface area contributed by atoms with E-state index in [4.69, 9.17) is 11.5 Å². The summed E-state index contributed by atoms with van der Waals surface area (Å²) in [5, 5.41) is 3.33. The average Bonchev–Trinajstić information content (AvgIpc) is 2.66. The predicted octanol–water partition coefficient (Wildman–Crippen LogP) is 3.45. The van der Waals surface area contributed by atoms with E-state index < -0.39 is 9.84 Å². The smallest absolute Gasteiger partial charge is 0.222 e. The maximum absolute atomic E-state index is 11.5. The molecule has 0 radical (unpaired) electrons. The number of aromatic nitrogens is 2. The fraction of sp³-hybridized carbons (Fsp3) is 0.238. The van der Waals surface area contributed by atoms with Gasteiger partial charge in [0, 0.05) is 24.1 Å². The second-order valence-electron chi connectivity index (χ2n) is 7.23. The zero-order valence-corrected chi connectivity index (χ0v) is 17.5. The Bertz CT molecular complexity index is 1110. The molecule has 0 amide bonds. The van der Waals surface area contributed by atoms with Crippen molar-refractivity contribution in [1.82, 2.24) is 9.97 Å². The lowest BCUT2D eigenvalue weighted by Crippen LogP contribution is -2.08. The first kappa shape index (κ1) is 20.6. The van der Waals surface area contributed by atoms with Gasteiger partial charge in [-0.05, 0) is 41.3 Å². The molecule has 0 saturated heterocycles. The molecule has 0 atom stereocenters. The molecular formula is C21H25N5O2S. The molecule has 2 aromatic carbocycles. The number of hydrogen-bond acceptors (Lipinski definition) is 7. The zero-order chi connectivity index (χ0) is 21.2. The van der Waals surface area contributed by atoms with E-state index in [1.165, 1.54) is 6.26 Å². The highest BCUT2D eigenvalue weighted by Gasteiger charge is 2.16. The van der Waals surface area contributed by atoms with Crippen LogP contribution in [-0.4, -0.2) is 24.6 Å². The van der Waals surface area contributed by atoms with E-state index in [0.717, 1.165) is 28.1 Å². The lowest BCUT2D eigenvalue weighted by Gasteiger charge is -2.15. The molecule has 5 N–H and O–H groups in total. The van der Waals surface area contributed by atoms with Gasteiger partial charge in [-0.3, -0.25) is 0 Å². The summed E-state index contributed by atoms with van der Waals surface area (Å²) in [6.07, 6.45) is 1.20. The number of nitrogens with one attached hydrogen (secondary N) is 1. The minimum atomic E-state index is -3.18. The molecule has 1 aromatic heterocycles. The summed E-state index contributed by atoms with van der Waals surface area (Å²) in [6.45, 7) is 4.65. The Hall–Kier alpha value is -3.13. The van der Waals surface area contributed by atoms with E-state index in [1.54, 1.807) is 24.3 Å². The minimum Gasteiger partial charge on any atom is -0.383 e. The normalized spacial score (nSPS) is 11.6. The van der Waals surface area contributed by atoms with Crippen LogP contribution in [0.3, 0.4) is 0 Å². The van der Waals surface area contributed by atoms with Crippen LogP contribution in [0, 0.1) is 0 Å². The fourth-order valence-corrected chi connectivity index (χ4v) is 3.67. The predicted molar refractivity (Wildman–Crippen MR) is 117 cm³/mol. The molecule has 0 aliphatic rings. The Balaban J connectivity index is 1.76. The number of nitrogen functional groups attached to an aromatic ring is 2.